The smallest absolute Gasteiger partial charge is 0.308 e. The van der Waals surface area contributed by atoms with Gasteiger partial charge in [-0.3, -0.25) is 0 Å². The zero-order valence-corrected chi connectivity index (χ0v) is 11.6. The van der Waals surface area contributed by atoms with E-state index in [0.29, 0.717) is 0 Å². The van der Waals surface area contributed by atoms with Crippen LogP contribution in [0.4, 0.5) is 0 Å². The lowest BCUT2D eigenvalue weighted by atomic mass is 9.98. The van der Waals surface area contributed by atoms with Gasteiger partial charge in [0.05, 0.1) is 0 Å². The van der Waals surface area contributed by atoms with Crippen LogP contribution in [0.25, 0.3) is 0 Å². The summed E-state index contributed by atoms with van der Waals surface area (Å²) in [5, 5.41) is 0. The number of halogens is 4. The number of alkyl halides is 2. The molecule has 72 valence electrons. The van der Waals surface area contributed by atoms with Gasteiger partial charge in [-0.25, -0.2) is 0 Å². The molecule has 0 aliphatic heterocycles. The van der Waals surface area contributed by atoms with Crippen LogP contribution in [-0.4, -0.2) is 22.7 Å². The van der Waals surface area contributed by atoms with Crippen molar-refractivity contribution in [2.75, 3.05) is 0 Å². The van der Waals surface area contributed by atoms with Crippen LogP contribution in [0, 0.1) is 0 Å². The Balaban J connectivity index is 4.70. The van der Waals surface area contributed by atoms with Gasteiger partial charge in [0.15, 0.2) is 4.46 Å². The van der Waals surface area contributed by atoms with E-state index in [1.807, 2.05) is 19.9 Å². The lowest BCUT2D eigenvalue weighted by molar-refractivity contribution is 0.577. The zero-order chi connectivity index (χ0) is 10.2. The fourth-order valence-electron chi connectivity index (χ4n) is 1.20. The normalized spacial score (nSPS) is 13.8. The summed E-state index contributed by atoms with van der Waals surface area (Å²) < 4.78 is 0.741. The molecule has 0 unspecified atom stereocenters. The molecule has 0 aliphatic rings. The van der Waals surface area contributed by atoms with Gasteiger partial charge in [0.25, 0.3) is 0 Å². The highest BCUT2D eigenvalue weighted by atomic mass is 35.6. The largest absolute Gasteiger partial charge is 0.324 e. The minimum Gasteiger partial charge on any atom is -0.308 e. The summed E-state index contributed by atoms with van der Waals surface area (Å²) in [4.78, 5) is 0. The number of hydrogen-bond donors (Lipinski definition) is 0. The molecule has 0 fully saturated rings. The first kappa shape index (κ1) is 13.4. The highest BCUT2D eigenvalue weighted by Crippen LogP contribution is 2.34. The van der Waals surface area contributed by atoms with Gasteiger partial charge in [0.1, 0.15) is 0 Å². The van der Waals surface area contributed by atoms with E-state index in [2.05, 4.69) is 0 Å². The Morgan fingerprint density at radius 3 is 1.67 bits per heavy atom. The van der Waals surface area contributed by atoms with E-state index in [1.165, 1.54) is 0 Å². The second-order valence-electron chi connectivity index (χ2n) is 3.20. The summed E-state index contributed by atoms with van der Waals surface area (Å²) in [5.74, 6) is 0. The predicted octanol–water partition coefficient (Wildman–Crippen LogP) is 3.74. The molecule has 0 aromatic carbocycles. The molecule has 0 saturated heterocycles. The lowest BCUT2D eigenvalue weighted by Crippen LogP contribution is -2.56. The first-order valence-corrected chi connectivity index (χ1v) is 8.72. The molecular weight excluding hydrogens is 255 g/mol. The molecule has 0 heterocycles. The lowest BCUT2D eigenvalue weighted by Gasteiger charge is -2.40. The van der Waals surface area contributed by atoms with Crippen LogP contribution < -0.4 is 0 Å². The quantitative estimate of drug-likeness (QED) is 0.326. The standard InChI is InChI=1S/C5H12BCl4NSi/c1-5(7,8)11(6(2)9)12(3,4)10/h1-4H3. The maximum atomic E-state index is 6.19. The van der Waals surface area contributed by atoms with Crippen LogP contribution >= 0.6 is 45.7 Å². The van der Waals surface area contributed by atoms with E-state index in [1.54, 1.807) is 11.4 Å². The van der Waals surface area contributed by atoms with E-state index in [-0.39, 0.29) is 6.26 Å². The van der Waals surface area contributed by atoms with Crippen molar-refractivity contribution < 1.29 is 0 Å². The number of nitrogens with zero attached hydrogens (tertiary/aromatic N) is 1. The van der Waals surface area contributed by atoms with Crippen LogP contribution in [-0.2, 0) is 0 Å². The topological polar surface area (TPSA) is 3.24 Å². The Hall–Kier alpha value is 1.40. The molecule has 0 amide bonds. The van der Waals surface area contributed by atoms with Gasteiger partial charge in [0.2, 0.25) is 7.55 Å². The summed E-state index contributed by atoms with van der Waals surface area (Å²) in [6, 6.07) is 0. The first-order valence-electron chi connectivity index (χ1n) is 3.57. The van der Waals surface area contributed by atoms with Crippen molar-refractivity contribution in [2.45, 2.75) is 31.3 Å². The van der Waals surface area contributed by atoms with E-state index < -0.39 is 12.0 Å². The summed E-state index contributed by atoms with van der Waals surface area (Å²) in [7, 11) is -2.08. The molecule has 0 aliphatic carbocycles. The van der Waals surface area contributed by atoms with Gasteiger partial charge in [-0.1, -0.05) is 30.0 Å². The summed E-state index contributed by atoms with van der Waals surface area (Å²) >= 11 is 24.0. The van der Waals surface area contributed by atoms with Crippen LogP contribution in [0.1, 0.15) is 6.92 Å². The third-order valence-electron chi connectivity index (χ3n) is 1.35. The van der Waals surface area contributed by atoms with Gasteiger partial charge >= 0.3 is 6.26 Å². The maximum absolute atomic E-state index is 6.19. The minimum atomic E-state index is -2.08. The molecule has 0 N–H and O–H groups in total. The molecule has 0 aromatic rings. The molecular formula is C5H12BCl4NSi. The number of rotatable bonds is 3. The fraction of sp³-hybridized carbons (Fsp3) is 1.00. The van der Waals surface area contributed by atoms with Gasteiger partial charge in [-0.2, -0.15) is 11.5 Å². The van der Waals surface area contributed by atoms with Crippen molar-refractivity contribution in [3.05, 3.63) is 0 Å². The number of hydrogen-bond acceptors (Lipinski definition) is 1. The fourth-order valence-corrected chi connectivity index (χ4v) is 6.93. The van der Waals surface area contributed by atoms with E-state index >= 15 is 0 Å². The molecule has 7 heteroatoms. The van der Waals surface area contributed by atoms with Crippen molar-refractivity contribution in [3.8, 4) is 0 Å². The SMILES string of the molecule is CB(Cl)N(C(C)(Cl)Cl)[Si](C)(C)Cl. The third kappa shape index (κ3) is 4.07. The second-order valence-corrected chi connectivity index (χ2v) is 11.6. The first-order chi connectivity index (χ1) is 5.07. The van der Waals surface area contributed by atoms with Crippen LogP contribution in [0.5, 0.6) is 0 Å². The zero-order valence-electron chi connectivity index (χ0n) is 7.54. The molecule has 12 heavy (non-hydrogen) atoms. The van der Waals surface area contributed by atoms with Gasteiger partial charge < -0.3 is 4.48 Å². The molecule has 0 spiro atoms. The van der Waals surface area contributed by atoms with Crippen molar-refractivity contribution >= 4 is 59.5 Å². The van der Waals surface area contributed by atoms with Crippen molar-refractivity contribution in [2.24, 2.45) is 0 Å². The highest BCUT2D eigenvalue weighted by Gasteiger charge is 2.42. The Bertz CT molecular complexity index is 139. The van der Waals surface area contributed by atoms with Gasteiger partial charge in [-0.05, 0) is 20.0 Å². The monoisotopic (exact) mass is 265 g/mol. The van der Waals surface area contributed by atoms with Crippen molar-refractivity contribution in [1.29, 1.82) is 0 Å². The molecule has 0 atom stereocenters. The van der Waals surface area contributed by atoms with Gasteiger partial charge in [0, 0.05) is 0 Å². The molecule has 0 radical (unpaired) electrons. The maximum Gasteiger partial charge on any atom is 0.324 e. The Labute approximate surface area is 95.1 Å². The van der Waals surface area contributed by atoms with Crippen LogP contribution in [0.2, 0.25) is 19.9 Å². The van der Waals surface area contributed by atoms with E-state index in [4.69, 9.17) is 45.7 Å². The Kier molecular flexibility index (Phi) is 4.78. The Morgan fingerprint density at radius 1 is 1.33 bits per heavy atom. The van der Waals surface area contributed by atoms with Crippen molar-refractivity contribution in [3.63, 3.8) is 0 Å². The van der Waals surface area contributed by atoms with Crippen molar-refractivity contribution in [1.82, 2.24) is 4.48 Å². The van der Waals surface area contributed by atoms with E-state index in [9.17, 15) is 0 Å². The molecule has 0 rings (SSSR count). The van der Waals surface area contributed by atoms with Gasteiger partial charge in [-0.15, -0.1) is 11.1 Å². The average molecular weight is 267 g/mol. The predicted molar refractivity (Wildman–Crippen MR) is 62.8 cm³/mol. The molecule has 0 aromatic heterocycles. The highest BCUT2D eigenvalue weighted by molar-refractivity contribution is 7.24. The summed E-state index contributed by atoms with van der Waals surface area (Å²) in [6.07, 6.45) is -0.260. The molecule has 0 bridgehead atoms. The Morgan fingerprint density at radius 2 is 1.67 bits per heavy atom. The van der Waals surface area contributed by atoms with Crippen LogP contribution in [0.3, 0.4) is 0 Å². The second kappa shape index (κ2) is 4.28. The summed E-state index contributed by atoms with van der Waals surface area (Å²) in [6.45, 7) is 7.33. The summed E-state index contributed by atoms with van der Waals surface area (Å²) in [5.41, 5.74) is 0. The minimum absolute atomic E-state index is 0.260. The average Bonchev–Trinajstić information content (AvgIpc) is 1.49. The molecule has 0 saturated carbocycles. The van der Waals surface area contributed by atoms with E-state index in [0.717, 1.165) is 0 Å². The molecule has 1 nitrogen and oxygen atoms in total. The van der Waals surface area contributed by atoms with Crippen LogP contribution in [0.15, 0.2) is 0 Å². The third-order valence-corrected chi connectivity index (χ3v) is 4.88.